The molecule has 0 rings (SSSR count). The van der Waals surface area contributed by atoms with Crippen molar-refractivity contribution in [1.29, 1.82) is 0 Å². The molecular weight excluding hydrogens is 180 g/mol. The molecule has 4 heteroatoms. The minimum absolute atomic E-state index is 0.0164. The molecule has 0 spiro atoms. The van der Waals surface area contributed by atoms with Crippen LogP contribution in [0.5, 0.6) is 0 Å². The summed E-state index contributed by atoms with van der Waals surface area (Å²) in [4.78, 5) is 11.2. The molecule has 1 amide bonds. The zero-order chi connectivity index (χ0) is 11.0. The number of alkyl carbamates (subject to hydrolysis) is 1. The Balaban J connectivity index is 3.91. The Morgan fingerprint density at radius 1 is 1.71 bits per heavy atom. The molecule has 14 heavy (non-hydrogen) atoms. The molecule has 4 nitrogen and oxygen atoms in total. The number of ether oxygens (including phenoxy) is 1. The molecule has 0 radical (unpaired) electrons. The number of carbonyl (C=O) groups is 1. The topological polar surface area (TPSA) is 64.3 Å². The number of carbonyl (C=O) groups excluding carboxylic acids is 1. The third-order valence-electron chi connectivity index (χ3n) is 2.22. The molecule has 0 aliphatic carbocycles. The molecule has 2 atom stereocenters. The van der Waals surface area contributed by atoms with Gasteiger partial charge in [0, 0.05) is 12.6 Å². The van der Waals surface area contributed by atoms with Crippen molar-refractivity contribution in [3.8, 4) is 0 Å². The van der Waals surface area contributed by atoms with E-state index in [2.05, 4.69) is 18.8 Å². The highest BCUT2D eigenvalue weighted by Crippen LogP contribution is 2.06. The Morgan fingerprint density at radius 2 is 2.36 bits per heavy atom. The number of rotatable bonds is 6. The van der Waals surface area contributed by atoms with E-state index in [-0.39, 0.29) is 12.6 Å². The lowest BCUT2D eigenvalue weighted by atomic mass is 10.00. The molecule has 0 unspecified atom stereocenters. The van der Waals surface area contributed by atoms with Gasteiger partial charge < -0.3 is 15.8 Å². The summed E-state index contributed by atoms with van der Waals surface area (Å²) in [5, 5.41) is 2.72. The van der Waals surface area contributed by atoms with Gasteiger partial charge in [-0.1, -0.05) is 32.9 Å². The summed E-state index contributed by atoms with van der Waals surface area (Å²) in [6.45, 7) is 8.21. The normalized spacial score (nSPS) is 14.2. The zero-order valence-electron chi connectivity index (χ0n) is 8.95. The van der Waals surface area contributed by atoms with Crippen molar-refractivity contribution in [3.63, 3.8) is 0 Å². The standard InChI is InChI=1S/C10H20N2O2/c1-4-6-14-10(13)12-9(7-11)8(3)5-2/h4,8-9H,1,5-7,11H2,2-3H3,(H,12,13)/t8-,9+/m0/s1. The van der Waals surface area contributed by atoms with Crippen molar-refractivity contribution in [2.24, 2.45) is 11.7 Å². The summed E-state index contributed by atoms with van der Waals surface area (Å²) in [5.74, 6) is 0.358. The van der Waals surface area contributed by atoms with E-state index >= 15 is 0 Å². The molecule has 0 saturated carbocycles. The Bertz CT molecular complexity index is 183. The second-order valence-corrected chi connectivity index (χ2v) is 3.26. The van der Waals surface area contributed by atoms with Crippen molar-refractivity contribution in [3.05, 3.63) is 12.7 Å². The maximum atomic E-state index is 11.2. The largest absolute Gasteiger partial charge is 0.445 e. The van der Waals surface area contributed by atoms with Crippen molar-refractivity contribution in [1.82, 2.24) is 5.32 Å². The van der Waals surface area contributed by atoms with Gasteiger partial charge in [-0.05, 0) is 5.92 Å². The fourth-order valence-corrected chi connectivity index (χ4v) is 1.05. The van der Waals surface area contributed by atoms with Gasteiger partial charge in [-0.3, -0.25) is 0 Å². The van der Waals surface area contributed by atoms with E-state index in [9.17, 15) is 4.79 Å². The fourth-order valence-electron chi connectivity index (χ4n) is 1.05. The van der Waals surface area contributed by atoms with Gasteiger partial charge in [-0.25, -0.2) is 4.79 Å². The van der Waals surface area contributed by atoms with Crippen LogP contribution in [-0.4, -0.2) is 25.3 Å². The van der Waals surface area contributed by atoms with E-state index in [1.165, 1.54) is 6.08 Å². The molecule has 0 heterocycles. The van der Waals surface area contributed by atoms with Crippen LogP contribution < -0.4 is 11.1 Å². The van der Waals surface area contributed by atoms with Gasteiger partial charge in [0.15, 0.2) is 0 Å². The number of hydrogen-bond acceptors (Lipinski definition) is 3. The van der Waals surface area contributed by atoms with Crippen molar-refractivity contribution < 1.29 is 9.53 Å². The predicted octanol–water partition coefficient (Wildman–Crippen LogP) is 1.27. The number of nitrogens with two attached hydrogens (primary N) is 1. The predicted molar refractivity (Wildman–Crippen MR) is 57.0 cm³/mol. The van der Waals surface area contributed by atoms with Crippen molar-refractivity contribution in [2.45, 2.75) is 26.3 Å². The Labute approximate surface area is 85.5 Å². The summed E-state index contributed by atoms with van der Waals surface area (Å²) in [7, 11) is 0. The summed E-state index contributed by atoms with van der Waals surface area (Å²) in [6, 6.07) is -0.0164. The molecule has 0 aromatic carbocycles. The van der Waals surface area contributed by atoms with Crippen LogP contribution in [0.25, 0.3) is 0 Å². The summed E-state index contributed by atoms with van der Waals surface area (Å²) < 4.78 is 4.79. The zero-order valence-corrected chi connectivity index (χ0v) is 8.95. The molecule has 0 saturated heterocycles. The lowest BCUT2D eigenvalue weighted by Gasteiger charge is -2.21. The van der Waals surface area contributed by atoms with E-state index in [1.807, 2.05) is 6.92 Å². The number of amides is 1. The van der Waals surface area contributed by atoms with E-state index in [0.29, 0.717) is 12.5 Å². The fraction of sp³-hybridized carbons (Fsp3) is 0.700. The summed E-state index contributed by atoms with van der Waals surface area (Å²) in [5.41, 5.74) is 5.54. The minimum Gasteiger partial charge on any atom is -0.445 e. The molecule has 82 valence electrons. The third-order valence-corrected chi connectivity index (χ3v) is 2.22. The summed E-state index contributed by atoms with van der Waals surface area (Å²) >= 11 is 0. The van der Waals surface area contributed by atoms with Gasteiger partial charge in [0.05, 0.1) is 0 Å². The Morgan fingerprint density at radius 3 is 2.79 bits per heavy atom. The van der Waals surface area contributed by atoms with Gasteiger partial charge in [-0.15, -0.1) is 0 Å². The number of nitrogens with one attached hydrogen (secondary N) is 1. The maximum absolute atomic E-state index is 11.2. The highest BCUT2D eigenvalue weighted by molar-refractivity contribution is 5.67. The smallest absolute Gasteiger partial charge is 0.407 e. The molecule has 0 fully saturated rings. The third kappa shape index (κ3) is 4.87. The van der Waals surface area contributed by atoms with Crippen LogP contribution in [0.1, 0.15) is 20.3 Å². The van der Waals surface area contributed by atoms with E-state index in [0.717, 1.165) is 6.42 Å². The average Bonchev–Trinajstić information content (AvgIpc) is 2.21. The minimum atomic E-state index is -0.430. The Kier molecular flexibility index (Phi) is 6.84. The van der Waals surface area contributed by atoms with Crippen LogP contribution in [0.3, 0.4) is 0 Å². The van der Waals surface area contributed by atoms with Crippen LogP contribution in [0.2, 0.25) is 0 Å². The van der Waals surface area contributed by atoms with Crippen LogP contribution in [0, 0.1) is 5.92 Å². The van der Waals surface area contributed by atoms with Crippen LogP contribution in [0.4, 0.5) is 4.79 Å². The second kappa shape index (κ2) is 7.38. The molecule has 0 aliphatic rings. The van der Waals surface area contributed by atoms with E-state index in [1.54, 1.807) is 0 Å². The SMILES string of the molecule is C=CCOC(=O)N[C@H](CN)[C@@H](C)CC. The average molecular weight is 200 g/mol. The first-order chi connectivity index (χ1) is 6.65. The van der Waals surface area contributed by atoms with Gasteiger partial charge in [0.25, 0.3) is 0 Å². The molecule has 0 aliphatic heterocycles. The van der Waals surface area contributed by atoms with Crippen molar-refractivity contribution in [2.75, 3.05) is 13.2 Å². The van der Waals surface area contributed by atoms with Crippen molar-refractivity contribution >= 4 is 6.09 Å². The first-order valence-corrected chi connectivity index (χ1v) is 4.89. The highest BCUT2D eigenvalue weighted by atomic mass is 16.5. The summed E-state index contributed by atoms with van der Waals surface area (Å²) in [6.07, 6.45) is 2.07. The van der Waals surface area contributed by atoms with E-state index < -0.39 is 6.09 Å². The Hall–Kier alpha value is -1.03. The van der Waals surface area contributed by atoms with Gasteiger partial charge in [0.1, 0.15) is 6.61 Å². The highest BCUT2D eigenvalue weighted by Gasteiger charge is 2.16. The van der Waals surface area contributed by atoms with Crippen LogP contribution in [0.15, 0.2) is 12.7 Å². The van der Waals surface area contributed by atoms with Gasteiger partial charge in [-0.2, -0.15) is 0 Å². The van der Waals surface area contributed by atoms with Crippen LogP contribution in [-0.2, 0) is 4.74 Å². The second-order valence-electron chi connectivity index (χ2n) is 3.26. The first-order valence-electron chi connectivity index (χ1n) is 4.89. The lowest BCUT2D eigenvalue weighted by molar-refractivity contribution is 0.150. The molecule has 0 bridgehead atoms. The molecule has 0 aromatic heterocycles. The maximum Gasteiger partial charge on any atom is 0.407 e. The van der Waals surface area contributed by atoms with E-state index in [4.69, 9.17) is 10.5 Å². The lowest BCUT2D eigenvalue weighted by Crippen LogP contribution is -2.44. The molecular formula is C10H20N2O2. The first kappa shape index (κ1) is 13.0. The monoisotopic (exact) mass is 200 g/mol. The number of hydrogen-bond donors (Lipinski definition) is 2. The van der Waals surface area contributed by atoms with Gasteiger partial charge in [0.2, 0.25) is 0 Å². The van der Waals surface area contributed by atoms with Gasteiger partial charge >= 0.3 is 6.09 Å². The quantitative estimate of drug-likeness (QED) is 0.635. The molecule has 3 N–H and O–H groups in total. The van der Waals surface area contributed by atoms with Crippen LogP contribution >= 0.6 is 0 Å². The molecule has 0 aromatic rings.